The van der Waals surface area contributed by atoms with Crippen LogP contribution in [0.25, 0.3) is 11.1 Å². The Kier molecular flexibility index (Phi) is 4.92. The molecule has 0 aliphatic heterocycles. The molecule has 3 aromatic rings. The highest BCUT2D eigenvalue weighted by atomic mass is 16.2. The van der Waals surface area contributed by atoms with Crippen molar-refractivity contribution in [2.75, 3.05) is 10.6 Å². The number of rotatable bonds is 5. The smallest absolute Gasteiger partial charge is 0.246 e. The van der Waals surface area contributed by atoms with Gasteiger partial charge in [-0.3, -0.25) is 4.79 Å². The molecule has 1 atom stereocenters. The van der Waals surface area contributed by atoms with Gasteiger partial charge in [-0.1, -0.05) is 66.7 Å². The van der Waals surface area contributed by atoms with Crippen molar-refractivity contribution < 1.29 is 4.79 Å². The van der Waals surface area contributed by atoms with Crippen LogP contribution in [0.2, 0.25) is 0 Å². The lowest BCUT2D eigenvalue weighted by molar-refractivity contribution is -0.116. The molecule has 120 valence electrons. The number of anilines is 2. The molecule has 0 aromatic heterocycles. The van der Waals surface area contributed by atoms with Crippen molar-refractivity contribution in [2.45, 2.75) is 13.0 Å². The van der Waals surface area contributed by atoms with Gasteiger partial charge in [0.15, 0.2) is 0 Å². The highest BCUT2D eigenvalue weighted by Gasteiger charge is 2.14. The number of para-hydroxylation sites is 2. The van der Waals surface area contributed by atoms with Crippen LogP contribution >= 0.6 is 0 Å². The van der Waals surface area contributed by atoms with Gasteiger partial charge in [0.25, 0.3) is 0 Å². The predicted octanol–water partition coefficient (Wildman–Crippen LogP) is 4.79. The molecule has 3 aromatic carbocycles. The number of hydrogen-bond acceptors (Lipinski definition) is 2. The summed E-state index contributed by atoms with van der Waals surface area (Å²) >= 11 is 0. The monoisotopic (exact) mass is 316 g/mol. The van der Waals surface area contributed by atoms with Crippen molar-refractivity contribution in [1.29, 1.82) is 0 Å². The number of benzene rings is 3. The van der Waals surface area contributed by atoms with E-state index in [1.165, 1.54) is 0 Å². The van der Waals surface area contributed by atoms with Crippen molar-refractivity contribution in [3.05, 3.63) is 84.9 Å². The minimum Gasteiger partial charge on any atom is -0.374 e. The van der Waals surface area contributed by atoms with Gasteiger partial charge in [0, 0.05) is 16.9 Å². The molecule has 0 unspecified atom stereocenters. The Labute approximate surface area is 142 Å². The molecule has 0 aliphatic carbocycles. The average Bonchev–Trinajstić information content (AvgIpc) is 2.63. The lowest BCUT2D eigenvalue weighted by Crippen LogP contribution is -2.32. The minimum atomic E-state index is -0.337. The van der Waals surface area contributed by atoms with E-state index in [2.05, 4.69) is 10.6 Å². The molecule has 2 N–H and O–H groups in total. The van der Waals surface area contributed by atoms with Gasteiger partial charge in [-0.05, 0) is 30.7 Å². The average molecular weight is 316 g/mol. The lowest BCUT2D eigenvalue weighted by atomic mass is 10.0. The van der Waals surface area contributed by atoms with Crippen molar-refractivity contribution in [1.82, 2.24) is 0 Å². The summed E-state index contributed by atoms with van der Waals surface area (Å²) in [6.45, 7) is 1.85. The number of carbonyl (C=O) groups is 1. The highest BCUT2D eigenvalue weighted by molar-refractivity contribution is 5.99. The van der Waals surface area contributed by atoms with Crippen molar-refractivity contribution in [2.24, 2.45) is 0 Å². The maximum absolute atomic E-state index is 12.5. The first kappa shape index (κ1) is 15.8. The first-order chi connectivity index (χ1) is 11.7. The number of nitrogens with one attached hydrogen (secondary N) is 2. The van der Waals surface area contributed by atoms with Crippen molar-refractivity contribution in [3.63, 3.8) is 0 Å². The van der Waals surface area contributed by atoms with Crippen molar-refractivity contribution >= 4 is 17.3 Å². The molecule has 0 aliphatic rings. The van der Waals surface area contributed by atoms with E-state index < -0.39 is 0 Å². The lowest BCUT2D eigenvalue weighted by Gasteiger charge is -2.17. The number of carbonyl (C=O) groups excluding carboxylic acids is 1. The summed E-state index contributed by atoms with van der Waals surface area (Å²) in [5.74, 6) is -0.0674. The number of amides is 1. The second-order valence-corrected chi connectivity index (χ2v) is 5.63. The summed E-state index contributed by atoms with van der Waals surface area (Å²) in [5, 5.41) is 6.24. The summed E-state index contributed by atoms with van der Waals surface area (Å²) in [5.41, 5.74) is 3.84. The zero-order chi connectivity index (χ0) is 16.8. The van der Waals surface area contributed by atoms with Crippen LogP contribution in [0, 0.1) is 0 Å². The van der Waals surface area contributed by atoms with Crippen LogP contribution in [0.4, 0.5) is 11.4 Å². The zero-order valence-electron chi connectivity index (χ0n) is 13.6. The molecule has 0 saturated heterocycles. The second-order valence-electron chi connectivity index (χ2n) is 5.63. The van der Waals surface area contributed by atoms with E-state index in [1.807, 2.05) is 91.9 Å². The summed E-state index contributed by atoms with van der Waals surface area (Å²) < 4.78 is 0. The fourth-order valence-electron chi connectivity index (χ4n) is 2.55. The maximum atomic E-state index is 12.5. The zero-order valence-corrected chi connectivity index (χ0v) is 13.6. The van der Waals surface area contributed by atoms with E-state index in [1.54, 1.807) is 0 Å². The fraction of sp³-hybridized carbons (Fsp3) is 0.0952. The molecule has 0 heterocycles. The first-order valence-corrected chi connectivity index (χ1v) is 8.01. The maximum Gasteiger partial charge on any atom is 0.246 e. The first-order valence-electron chi connectivity index (χ1n) is 8.01. The van der Waals surface area contributed by atoms with E-state index in [0.29, 0.717) is 0 Å². The summed E-state index contributed by atoms with van der Waals surface area (Å²) in [7, 11) is 0. The van der Waals surface area contributed by atoms with E-state index in [-0.39, 0.29) is 11.9 Å². The molecule has 3 heteroatoms. The number of hydrogen-bond donors (Lipinski definition) is 2. The second kappa shape index (κ2) is 7.47. The molecule has 0 spiro atoms. The van der Waals surface area contributed by atoms with Gasteiger partial charge in [-0.15, -0.1) is 0 Å². The Bertz CT molecular complexity index is 800. The van der Waals surface area contributed by atoms with Crippen LogP contribution in [0.15, 0.2) is 84.9 Å². The van der Waals surface area contributed by atoms with E-state index in [9.17, 15) is 4.79 Å². The van der Waals surface area contributed by atoms with Gasteiger partial charge < -0.3 is 10.6 Å². The van der Waals surface area contributed by atoms with Crippen LogP contribution in [0.1, 0.15) is 6.92 Å². The normalized spacial score (nSPS) is 11.5. The Morgan fingerprint density at radius 3 is 2.08 bits per heavy atom. The predicted molar refractivity (Wildman–Crippen MR) is 100 cm³/mol. The Balaban J connectivity index is 1.75. The molecule has 0 fully saturated rings. The van der Waals surface area contributed by atoms with Crippen LogP contribution < -0.4 is 10.6 Å². The Morgan fingerprint density at radius 2 is 1.38 bits per heavy atom. The quantitative estimate of drug-likeness (QED) is 0.710. The molecule has 24 heavy (non-hydrogen) atoms. The summed E-state index contributed by atoms with van der Waals surface area (Å²) in [4.78, 5) is 12.5. The van der Waals surface area contributed by atoms with Crippen LogP contribution in [-0.2, 0) is 4.79 Å². The van der Waals surface area contributed by atoms with Crippen LogP contribution in [-0.4, -0.2) is 11.9 Å². The molecule has 0 saturated carbocycles. The summed E-state index contributed by atoms with van der Waals surface area (Å²) in [6, 6.07) is 27.3. The third-order valence-corrected chi connectivity index (χ3v) is 3.82. The topological polar surface area (TPSA) is 41.1 Å². The Hall–Kier alpha value is -3.07. The van der Waals surface area contributed by atoms with E-state index >= 15 is 0 Å². The largest absolute Gasteiger partial charge is 0.374 e. The van der Waals surface area contributed by atoms with Gasteiger partial charge in [0.05, 0.1) is 0 Å². The van der Waals surface area contributed by atoms with Gasteiger partial charge in [-0.2, -0.15) is 0 Å². The molecule has 3 nitrogen and oxygen atoms in total. The van der Waals surface area contributed by atoms with Gasteiger partial charge >= 0.3 is 0 Å². The minimum absolute atomic E-state index is 0.0674. The van der Waals surface area contributed by atoms with E-state index in [0.717, 1.165) is 22.5 Å². The van der Waals surface area contributed by atoms with Gasteiger partial charge in [-0.25, -0.2) is 0 Å². The molecule has 0 bridgehead atoms. The SMILES string of the molecule is C[C@@H](Nc1ccccc1)C(=O)Nc1ccccc1-c1ccccc1. The highest BCUT2D eigenvalue weighted by Crippen LogP contribution is 2.27. The molecule has 3 rings (SSSR count). The van der Waals surface area contributed by atoms with Crippen molar-refractivity contribution in [3.8, 4) is 11.1 Å². The molecule has 1 amide bonds. The Morgan fingerprint density at radius 1 is 0.792 bits per heavy atom. The third-order valence-electron chi connectivity index (χ3n) is 3.82. The van der Waals surface area contributed by atoms with Crippen LogP contribution in [0.5, 0.6) is 0 Å². The standard InChI is InChI=1S/C21H20N2O/c1-16(22-18-12-6-3-7-13-18)21(24)23-20-15-9-8-14-19(20)17-10-4-2-5-11-17/h2-16,22H,1H3,(H,23,24)/t16-/m1/s1. The molecular formula is C21H20N2O. The molecule has 0 radical (unpaired) electrons. The summed E-state index contributed by atoms with van der Waals surface area (Å²) in [6.07, 6.45) is 0. The third kappa shape index (κ3) is 3.82. The van der Waals surface area contributed by atoms with Gasteiger partial charge in [0.1, 0.15) is 6.04 Å². The van der Waals surface area contributed by atoms with Crippen LogP contribution in [0.3, 0.4) is 0 Å². The fourth-order valence-corrected chi connectivity index (χ4v) is 2.55. The molecular weight excluding hydrogens is 296 g/mol. The van der Waals surface area contributed by atoms with Gasteiger partial charge in [0.2, 0.25) is 5.91 Å². The van der Waals surface area contributed by atoms with E-state index in [4.69, 9.17) is 0 Å².